The fraction of sp³-hybridized carbons (Fsp3) is 0.618. The normalized spacial score (nSPS) is 38.4. The molecule has 0 aromatic heterocycles. The summed E-state index contributed by atoms with van der Waals surface area (Å²) in [5, 5.41) is 10.4. The molecule has 0 amide bonds. The van der Waals surface area contributed by atoms with Gasteiger partial charge in [-0.2, -0.15) is 5.26 Å². The highest BCUT2D eigenvalue weighted by Gasteiger charge is 2.83. The lowest BCUT2D eigenvalue weighted by Crippen LogP contribution is -2.84. The number of ether oxygens (including phenoxy) is 4. The smallest absolute Gasteiger partial charge is 0.165 e. The number of nitriles is 1. The van der Waals surface area contributed by atoms with Crippen molar-refractivity contribution in [2.45, 2.75) is 74.7 Å². The number of likely N-dealkylation sites (tertiary alicyclic amines) is 1. The first-order valence-electron chi connectivity index (χ1n) is 15.3. The van der Waals surface area contributed by atoms with Crippen LogP contribution < -0.4 is 9.47 Å². The third-order valence-electron chi connectivity index (χ3n) is 12.1. The van der Waals surface area contributed by atoms with Crippen molar-refractivity contribution >= 4 is 0 Å². The Morgan fingerprint density at radius 3 is 2.65 bits per heavy atom. The maximum absolute atomic E-state index is 10.4. The molecular weight excluding hydrogens is 500 g/mol. The number of piperidine rings is 1. The third kappa shape index (κ3) is 3.04. The van der Waals surface area contributed by atoms with Crippen LogP contribution in [0.15, 0.2) is 42.5 Å². The fourth-order valence-corrected chi connectivity index (χ4v) is 10.5. The summed E-state index contributed by atoms with van der Waals surface area (Å²) >= 11 is 0. The molecule has 0 unspecified atom stereocenters. The number of benzene rings is 2. The second-order valence-corrected chi connectivity index (χ2v) is 13.3. The number of methoxy groups -OCH3 is 2. The van der Waals surface area contributed by atoms with Crippen LogP contribution in [0.1, 0.15) is 55.2 Å². The average molecular weight is 541 g/mol. The highest BCUT2D eigenvalue weighted by molar-refractivity contribution is 5.64. The Morgan fingerprint density at radius 2 is 1.90 bits per heavy atom. The summed E-state index contributed by atoms with van der Waals surface area (Å²) in [4.78, 5) is 2.84. The molecule has 4 saturated carbocycles. The zero-order valence-electron chi connectivity index (χ0n) is 23.7. The van der Waals surface area contributed by atoms with Gasteiger partial charge in [-0.25, -0.2) is 0 Å². The molecule has 2 heterocycles. The van der Waals surface area contributed by atoms with E-state index in [1.165, 1.54) is 36.1 Å². The summed E-state index contributed by atoms with van der Waals surface area (Å²) in [7, 11) is 3.62. The van der Waals surface area contributed by atoms with Gasteiger partial charge in [-0.1, -0.05) is 36.4 Å². The van der Waals surface area contributed by atoms with Crippen molar-refractivity contribution in [3.63, 3.8) is 0 Å². The van der Waals surface area contributed by atoms with Gasteiger partial charge in [-0.3, -0.25) is 4.90 Å². The van der Waals surface area contributed by atoms with E-state index in [9.17, 15) is 5.26 Å². The number of nitrogens with zero attached hydrogens (tertiary/aromatic N) is 2. The SMILES string of the molecule is COc1ccc2c3c1O[C@H]1[C@@]4(OC)CC[C@@]5([C@H](CC#N)[C@@H]4COCc4ccccc4)[C@H](C2)N(CC2CC2)CC[C@]315. The summed E-state index contributed by atoms with van der Waals surface area (Å²) in [6.45, 7) is 3.42. The van der Waals surface area contributed by atoms with E-state index in [1.807, 2.05) is 13.2 Å². The molecule has 6 heteroatoms. The maximum atomic E-state index is 10.4. The molecular formula is C34H40N2O4. The molecule has 7 atom stereocenters. The van der Waals surface area contributed by atoms with E-state index >= 15 is 0 Å². The molecule has 7 aliphatic rings. The molecule has 9 rings (SSSR count). The first kappa shape index (κ1) is 25.1. The minimum absolute atomic E-state index is 0.0494. The highest BCUT2D eigenvalue weighted by Crippen LogP contribution is 2.78. The monoisotopic (exact) mass is 540 g/mol. The molecule has 210 valence electrons. The van der Waals surface area contributed by atoms with E-state index in [0.29, 0.717) is 25.7 Å². The van der Waals surface area contributed by atoms with Crippen molar-refractivity contribution < 1.29 is 18.9 Å². The molecule has 2 aromatic carbocycles. The van der Waals surface area contributed by atoms with Crippen molar-refractivity contribution in [2.24, 2.45) is 23.2 Å². The zero-order valence-corrected chi connectivity index (χ0v) is 23.7. The molecule has 0 radical (unpaired) electrons. The van der Waals surface area contributed by atoms with E-state index in [4.69, 9.17) is 18.9 Å². The topological polar surface area (TPSA) is 64.0 Å². The molecule has 6 nitrogen and oxygen atoms in total. The van der Waals surface area contributed by atoms with Crippen LogP contribution in [0.5, 0.6) is 11.5 Å². The van der Waals surface area contributed by atoms with Crippen LogP contribution in [0, 0.1) is 34.5 Å². The Hall–Kier alpha value is -2.59. The fourth-order valence-electron chi connectivity index (χ4n) is 10.5. The minimum atomic E-state index is -0.512. The standard InChI is InChI=1S/C34H40N2O4/c1-37-27-11-10-24-18-28-32-13-14-34(38-2,26(25(32)12-16-35)21-39-20-23-6-4-3-5-7-23)31-33(32,29(24)30(27)40-31)15-17-36(28)19-22-8-9-22/h3-7,10-11,22,25-26,28,31H,8-9,12-15,17-21H2,1-2H3/t25-,26+,28+,31-,32-,33+,34-/m1/s1. The Balaban J connectivity index is 1.29. The van der Waals surface area contributed by atoms with Crippen molar-refractivity contribution in [2.75, 3.05) is 33.9 Å². The van der Waals surface area contributed by atoms with E-state index in [1.54, 1.807) is 7.11 Å². The summed E-state index contributed by atoms with van der Waals surface area (Å²) in [5.74, 6) is 2.86. The van der Waals surface area contributed by atoms with Crippen LogP contribution >= 0.6 is 0 Å². The minimum Gasteiger partial charge on any atom is -0.493 e. The van der Waals surface area contributed by atoms with Crippen molar-refractivity contribution in [1.82, 2.24) is 4.90 Å². The van der Waals surface area contributed by atoms with Gasteiger partial charge in [0.25, 0.3) is 0 Å². The zero-order chi connectivity index (χ0) is 27.1. The van der Waals surface area contributed by atoms with E-state index in [0.717, 1.165) is 49.6 Å². The summed E-state index contributed by atoms with van der Waals surface area (Å²) in [6.07, 6.45) is 7.23. The summed E-state index contributed by atoms with van der Waals surface area (Å²) in [6, 6.07) is 17.9. The van der Waals surface area contributed by atoms with E-state index in [-0.39, 0.29) is 28.8 Å². The molecule has 40 heavy (non-hydrogen) atoms. The van der Waals surface area contributed by atoms with Gasteiger partial charge in [0.15, 0.2) is 11.5 Å². The Kier molecular flexibility index (Phi) is 5.63. The van der Waals surface area contributed by atoms with Crippen molar-refractivity contribution in [3.8, 4) is 17.6 Å². The van der Waals surface area contributed by atoms with Crippen LogP contribution in [0.4, 0.5) is 0 Å². The van der Waals surface area contributed by atoms with Gasteiger partial charge >= 0.3 is 0 Å². The first-order chi connectivity index (χ1) is 19.6. The van der Waals surface area contributed by atoms with Gasteiger partial charge in [0.2, 0.25) is 0 Å². The summed E-state index contributed by atoms with van der Waals surface area (Å²) in [5.41, 5.74) is 3.24. The molecule has 2 aliphatic heterocycles. The number of hydrogen-bond donors (Lipinski definition) is 0. The van der Waals surface area contributed by atoms with Gasteiger partial charge < -0.3 is 18.9 Å². The van der Waals surface area contributed by atoms with Crippen molar-refractivity contribution in [3.05, 3.63) is 59.2 Å². The Bertz CT molecular complexity index is 1350. The van der Waals surface area contributed by atoms with Crippen molar-refractivity contribution in [1.29, 1.82) is 5.26 Å². The molecule has 4 bridgehead atoms. The lowest BCUT2D eigenvalue weighted by Gasteiger charge is -2.76. The first-order valence-corrected chi connectivity index (χ1v) is 15.3. The quantitative estimate of drug-likeness (QED) is 0.432. The maximum Gasteiger partial charge on any atom is 0.165 e. The van der Waals surface area contributed by atoms with Gasteiger partial charge in [0.05, 0.1) is 26.4 Å². The Morgan fingerprint density at radius 1 is 1.05 bits per heavy atom. The predicted octanol–water partition coefficient (Wildman–Crippen LogP) is 5.28. The predicted molar refractivity (Wildman–Crippen MR) is 150 cm³/mol. The number of hydrogen-bond acceptors (Lipinski definition) is 6. The van der Waals surface area contributed by atoms with Crippen LogP contribution in [0.3, 0.4) is 0 Å². The van der Waals surface area contributed by atoms with E-state index in [2.05, 4.69) is 47.4 Å². The average Bonchev–Trinajstić information content (AvgIpc) is 3.73. The molecule has 0 N–H and O–H groups in total. The third-order valence-corrected chi connectivity index (χ3v) is 12.1. The van der Waals surface area contributed by atoms with Crippen LogP contribution in [-0.2, 0) is 27.9 Å². The van der Waals surface area contributed by atoms with Gasteiger partial charge in [0, 0.05) is 48.4 Å². The lowest BCUT2D eigenvalue weighted by molar-refractivity contribution is -0.310. The molecule has 5 aliphatic carbocycles. The molecule has 5 fully saturated rings. The van der Waals surface area contributed by atoms with Gasteiger partial charge in [-0.05, 0) is 74.1 Å². The molecule has 1 saturated heterocycles. The van der Waals surface area contributed by atoms with Crippen LogP contribution in [0.2, 0.25) is 0 Å². The van der Waals surface area contributed by atoms with Crippen LogP contribution in [-0.4, -0.2) is 56.6 Å². The van der Waals surface area contributed by atoms with E-state index < -0.39 is 5.60 Å². The van der Waals surface area contributed by atoms with Gasteiger partial charge in [0.1, 0.15) is 11.7 Å². The number of rotatable bonds is 9. The lowest BCUT2D eigenvalue weighted by atomic mass is 9.31. The van der Waals surface area contributed by atoms with Gasteiger partial charge in [-0.15, -0.1) is 0 Å². The second-order valence-electron chi connectivity index (χ2n) is 13.3. The second kappa shape index (κ2) is 8.95. The highest BCUT2D eigenvalue weighted by atomic mass is 16.6. The molecule has 2 aromatic rings. The largest absolute Gasteiger partial charge is 0.493 e. The Labute approximate surface area is 237 Å². The summed E-state index contributed by atoms with van der Waals surface area (Å²) < 4.78 is 26.3. The van der Waals surface area contributed by atoms with Crippen LogP contribution in [0.25, 0.3) is 0 Å². The number of fused-ring (bicyclic) bond motifs is 2. The molecule has 2 spiro atoms.